The molecule has 2 heteroatoms. The van der Waals surface area contributed by atoms with Crippen LogP contribution in [0.2, 0.25) is 0 Å². The summed E-state index contributed by atoms with van der Waals surface area (Å²) in [5.74, 6) is 0.752. The van der Waals surface area contributed by atoms with Gasteiger partial charge in [-0.3, -0.25) is 4.79 Å². The molecule has 0 aromatic heterocycles. The topological polar surface area (TPSA) is 43.1 Å². The van der Waals surface area contributed by atoms with Crippen LogP contribution in [-0.2, 0) is 0 Å². The Labute approximate surface area is 103 Å². The SMILES string of the molecule is N[C@@H](CC1CCCCC1)C(=O)c1ccccc1. The first-order chi connectivity index (χ1) is 8.27. The van der Waals surface area contributed by atoms with Gasteiger partial charge in [0.2, 0.25) is 0 Å². The van der Waals surface area contributed by atoms with Crippen molar-refractivity contribution in [2.75, 3.05) is 0 Å². The zero-order valence-electron chi connectivity index (χ0n) is 10.3. The molecule has 0 heterocycles. The van der Waals surface area contributed by atoms with Gasteiger partial charge in [0.1, 0.15) is 0 Å². The third kappa shape index (κ3) is 3.40. The lowest BCUT2D eigenvalue weighted by atomic mass is 9.83. The fourth-order valence-corrected chi connectivity index (χ4v) is 2.71. The molecule has 1 saturated carbocycles. The summed E-state index contributed by atoms with van der Waals surface area (Å²) in [5.41, 5.74) is 6.78. The molecule has 1 fully saturated rings. The van der Waals surface area contributed by atoms with E-state index in [1.807, 2.05) is 30.3 Å². The highest BCUT2D eigenvalue weighted by Crippen LogP contribution is 2.27. The molecule has 2 nitrogen and oxygen atoms in total. The van der Waals surface area contributed by atoms with Crippen LogP contribution in [0, 0.1) is 5.92 Å². The number of carbonyl (C=O) groups is 1. The number of hydrogen-bond donors (Lipinski definition) is 1. The van der Waals surface area contributed by atoms with E-state index in [0.717, 1.165) is 12.0 Å². The van der Waals surface area contributed by atoms with Crippen LogP contribution in [0.5, 0.6) is 0 Å². The summed E-state index contributed by atoms with van der Waals surface area (Å²) < 4.78 is 0. The molecule has 0 saturated heterocycles. The van der Waals surface area contributed by atoms with E-state index >= 15 is 0 Å². The molecule has 1 aliphatic carbocycles. The molecule has 0 unspecified atom stereocenters. The monoisotopic (exact) mass is 231 g/mol. The van der Waals surface area contributed by atoms with Crippen LogP contribution >= 0.6 is 0 Å². The molecule has 0 radical (unpaired) electrons. The first-order valence-corrected chi connectivity index (χ1v) is 6.62. The minimum atomic E-state index is -0.319. The van der Waals surface area contributed by atoms with E-state index in [9.17, 15) is 4.79 Å². The van der Waals surface area contributed by atoms with Crippen molar-refractivity contribution in [2.24, 2.45) is 11.7 Å². The maximum Gasteiger partial charge on any atom is 0.179 e. The Morgan fingerprint density at radius 3 is 2.47 bits per heavy atom. The van der Waals surface area contributed by atoms with Crippen molar-refractivity contribution < 1.29 is 4.79 Å². The quantitative estimate of drug-likeness (QED) is 0.809. The van der Waals surface area contributed by atoms with Gasteiger partial charge >= 0.3 is 0 Å². The van der Waals surface area contributed by atoms with Gasteiger partial charge in [-0.1, -0.05) is 62.4 Å². The van der Waals surface area contributed by atoms with Crippen LogP contribution in [0.3, 0.4) is 0 Å². The first-order valence-electron chi connectivity index (χ1n) is 6.62. The Morgan fingerprint density at radius 2 is 1.82 bits per heavy atom. The molecular weight excluding hydrogens is 210 g/mol. The van der Waals surface area contributed by atoms with Crippen LogP contribution in [0.1, 0.15) is 48.9 Å². The second-order valence-electron chi connectivity index (χ2n) is 5.08. The predicted octanol–water partition coefficient (Wildman–Crippen LogP) is 3.17. The number of Topliss-reactive ketones (excluding diaryl/α,β-unsaturated/α-hetero) is 1. The molecule has 0 aliphatic heterocycles. The first kappa shape index (κ1) is 12.3. The third-order valence-corrected chi connectivity index (χ3v) is 3.71. The van der Waals surface area contributed by atoms with Gasteiger partial charge in [0.25, 0.3) is 0 Å². The van der Waals surface area contributed by atoms with Crippen molar-refractivity contribution >= 4 is 5.78 Å². The minimum absolute atomic E-state index is 0.0937. The molecular formula is C15H21NO. The van der Waals surface area contributed by atoms with Gasteiger partial charge in [0.15, 0.2) is 5.78 Å². The highest BCUT2D eigenvalue weighted by molar-refractivity contribution is 5.99. The van der Waals surface area contributed by atoms with Crippen LogP contribution in [-0.4, -0.2) is 11.8 Å². The molecule has 1 aliphatic rings. The van der Waals surface area contributed by atoms with E-state index < -0.39 is 0 Å². The van der Waals surface area contributed by atoms with E-state index in [2.05, 4.69) is 0 Å². The lowest BCUT2D eigenvalue weighted by molar-refractivity contribution is 0.0944. The summed E-state index contributed by atoms with van der Waals surface area (Å²) in [6, 6.07) is 9.08. The number of carbonyl (C=O) groups excluding carboxylic acids is 1. The van der Waals surface area contributed by atoms with Crippen molar-refractivity contribution in [3.8, 4) is 0 Å². The summed E-state index contributed by atoms with van der Waals surface area (Å²) in [7, 11) is 0. The van der Waals surface area contributed by atoms with E-state index in [0.29, 0.717) is 5.92 Å². The molecule has 1 aromatic carbocycles. The summed E-state index contributed by atoms with van der Waals surface area (Å²) in [6.45, 7) is 0. The zero-order valence-corrected chi connectivity index (χ0v) is 10.3. The van der Waals surface area contributed by atoms with E-state index in [-0.39, 0.29) is 11.8 Å². The van der Waals surface area contributed by atoms with Gasteiger partial charge in [-0.05, 0) is 12.3 Å². The standard InChI is InChI=1S/C15H21NO/c16-14(11-12-7-3-1-4-8-12)15(17)13-9-5-2-6-10-13/h2,5-6,9-10,12,14H,1,3-4,7-8,11,16H2/t14-/m0/s1. The molecule has 17 heavy (non-hydrogen) atoms. The maximum absolute atomic E-state index is 12.1. The fourth-order valence-electron chi connectivity index (χ4n) is 2.71. The molecule has 1 atom stereocenters. The number of hydrogen-bond acceptors (Lipinski definition) is 2. The van der Waals surface area contributed by atoms with Crippen molar-refractivity contribution in [3.63, 3.8) is 0 Å². The van der Waals surface area contributed by atoms with Crippen molar-refractivity contribution in [1.82, 2.24) is 0 Å². The average Bonchev–Trinajstić information content (AvgIpc) is 2.40. The van der Waals surface area contributed by atoms with Gasteiger partial charge in [0, 0.05) is 5.56 Å². The summed E-state index contributed by atoms with van der Waals surface area (Å²) in [4.78, 5) is 12.1. The van der Waals surface area contributed by atoms with Crippen molar-refractivity contribution in [1.29, 1.82) is 0 Å². The number of rotatable bonds is 4. The fraction of sp³-hybridized carbons (Fsp3) is 0.533. The number of benzene rings is 1. The molecule has 2 rings (SSSR count). The average molecular weight is 231 g/mol. The molecule has 2 N–H and O–H groups in total. The third-order valence-electron chi connectivity index (χ3n) is 3.71. The van der Waals surface area contributed by atoms with Gasteiger partial charge in [0.05, 0.1) is 6.04 Å². The lowest BCUT2D eigenvalue weighted by Crippen LogP contribution is -2.33. The van der Waals surface area contributed by atoms with Crippen molar-refractivity contribution in [3.05, 3.63) is 35.9 Å². The minimum Gasteiger partial charge on any atom is -0.321 e. The van der Waals surface area contributed by atoms with Gasteiger partial charge < -0.3 is 5.73 Å². The Bertz CT molecular complexity index is 354. The highest BCUT2D eigenvalue weighted by Gasteiger charge is 2.21. The maximum atomic E-state index is 12.1. The summed E-state index contributed by atoms with van der Waals surface area (Å²) in [5, 5.41) is 0. The summed E-state index contributed by atoms with van der Waals surface area (Å²) in [6.07, 6.45) is 7.30. The molecule has 1 aromatic rings. The highest BCUT2D eigenvalue weighted by atomic mass is 16.1. The predicted molar refractivity (Wildman–Crippen MR) is 69.9 cm³/mol. The molecule has 0 amide bonds. The largest absolute Gasteiger partial charge is 0.321 e. The normalized spacial score (nSPS) is 18.9. The molecule has 0 spiro atoms. The number of ketones is 1. The number of nitrogens with two attached hydrogens (primary N) is 1. The van der Waals surface area contributed by atoms with E-state index in [1.165, 1.54) is 32.1 Å². The summed E-state index contributed by atoms with van der Waals surface area (Å²) >= 11 is 0. The van der Waals surface area contributed by atoms with E-state index in [1.54, 1.807) is 0 Å². The Hall–Kier alpha value is -1.15. The Morgan fingerprint density at radius 1 is 1.18 bits per heavy atom. The van der Waals surface area contributed by atoms with Gasteiger partial charge in [-0.25, -0.2) is 0 Å². The Balaban J connectivity index is 1.91. The van der Waals surface area contributed by atoms with Crippen LogP contribution in [0.4, 0.5) is 0 Å². The van der Waals surface area contributed by atoms with Crippen LogP contribution in [0.25, 0.3) is 0 Å². The van der Waals surface area contributed by atoms with Gasteiger partial charge in [-0.15, -0.1) is 0 Å². The van der Waals surface area contributed by atoms with Crippen LogP contribution in [0.15, 0.2) is 30.3 Å². The second kappa shape index (κ2) is 5.97. The smallest absolute Gasteiger partial charge is 0.179 e. The van der Waals surface area contributed by atoms with E-state index in [4.69, 9.17) is 5.73 Å². The van der Waals surface area contributed by atoms with Crippen LogP contribution < -0.4 is 5.73 Å². The molecule has 92 valence electrons. The lowest BCUT2D eigenvalue weighted by Gasteiger charge is -2.23. The Kier molecular flexibility index (Phi) is 4.32. The van der Waals surface area contributed by atoms with Gasteiger partial charge in [-0.2, -0.15) is 0 Å². The molecule has 0 bridgehead atoms. The zero-order chi connectivity index (χ0) is 12.1. The second-order valence-corrected chi connectivity index (χ2v) is 5.08. The van der Waals surface area contributed by atoms with Crippen molar-refractivity contribution in [2.45, 2.75) is 44.6 Å².